The molecule has 0 aliphatic carbocycles. The van der Waals surface area contributed by atoms with E-state index in [1.54, 1.807) is 23.8 Å². The average Bonchev–Trinajstić information content (AvgIpc) is 3.27. The largest absolute Gasteiger partial charge is 0.361 e. The van der Waals surface area contributed by atoms with Crippen molar-refractivity contribution in [3.05, 3.63) is 56.1 Å². The topological polar surface area (TPSA) is 86.1 Å². The van der Waals surface area contributed by atoms with Crippen molar-refractivity contribution in [3.63, 3.8) is 0 Å². The number of hydrogen-bond donors (Lipinski definition) is 1. The lowest BCUT2D eigenvalue weighted by molar-refractivity contribution is 0.0834. The second kappa shape index (κ2) is 10.7. The highest BCUT2D eigenvalue weighted by Gasteiger charge is 2.28. The van der Waals surface area contributed by atoms with Gasteiger partial charge in [-0.05, 0) is 46.6 Å². The molecule has 0 aliphatic rings. The first-order valence-electron chi connectivity index (χ1n) is 10.4. The predicted octanol–water partition coefficient (Wildman–Crippen LogP) is 6.12. The molecule has 7 nitrogen and oxygen atoms in total. The molecule has 2 heterocycles. The number of ether oxygens (including phenoxy) is 1. The van der Waals surface area contributed by atoms with Gasteiger partial charge in [-0.25, -0.2) is 22.8 Å². The van der Waals surface area contributed by atoms with Gasteiger partial charge in [0.1, 0.15) is 24.4 Å². The number of benzene rings is 1. The summed E-state index contributed by atoms with van der Waals surface area (Å²) in [5.41, 5.74) is 1.07. The third-order valence-corrected chi connectivity index (χ3v) is 9.55. The lowest BCUT2D eigenvalue weighted by atomic mass is 10.1. The molecule has 1 unspecified atom stereocenters. The van der Waals surface area contributed by atoms with E-state index >= 15 is 0 Å². The van der Waals surface area contributed by atoms with Crippen LogP contribution in [0.1, 0.15) is 23.1 Å². The zero-order valence-corrected chi connectivity index (χ0v) is 24.5. The van der Waals surface area contributed by atoms with E-state index in [1.165, 1.54) is 23.5 Å². The van der Waals surface area contributed by atoms with E-state index in [9.17, 15) is 12.8 Å². The van der Waals surface area contributed by atoms with E-state index in [-0.39, 0.29) is 16.8 Å². The Kier molecular flexibility index (Phi) is 8.62. The number of halogens is 3. The van der Waals surface area contributed by atoms with Crippen molar-refractivity contribution in [1.29, 1.82) is 0 Å². The Morgan fingerprint density at radius 3 is 2.62 bits per heavy atom. The van der Waals surface area contributed by atoms with Crippen LogP contribution < -0.4 is 5.32 Å². The highest BCUT2D eigenvalue weighted by molar-refractivity contribution is 9.11. The Labute approximate surface area is 217 Å². The van der Waals surface area contributed by atoms with E-state index in [2.05, 4.69) is 50.9 Å². The fourth-order valence-corrected chi connectivity index (χ4v) is 6.22. The van der Waals surface area contributed by atoms with Crippen LogP contribution >= 0.6 is 38.9 Å². The van der Waals surface area contributed by atoms with E-state index in [0.29, 0.717) is 28.8 Å². The van der Waals surface area contributed by atoms with Crippen LogP contribution in [0.5, 0.6) is 0 Å². The molecule has 0 fully saturated rings. The molecule has 1 atom stereocenters. The molecule has 13 heteroatoms. The number of anilines is 1. The summed E-state index contributed by atoms with van der Waals surface area (Å²) < 4.78 is 47.4. The van der Waals surface area contributed by atoms with Gasteiger partial charge in [0.05, 0.1) is 20.7 Å². The van der Waals surface area contributed by atoms with Crippen LogP contribution in [-0.4, -0.2) is 43.9 Å². The molecule has 186 valence electrons. The van der Waals surface area contributed by atoms with Gasteiger partial charge in [-0.2, -0.15) is 0 Å². The molecular formula is C21H27BrClFN4O3S2Si. The van der Waals surface area contributed by atoms with Gasteiger partial charge in [-0.1, -0.05) is 48.6 Å². The van der Waals surface area contributed by atoms with Gasteiger partial charge in [-0.3, -0.25) is 0 Å². The van der Waals surface area contributed by atoms with Gasteiger partial charge >= 0.3 is 0 Å². The molecule has 0 saturated carbocycles. The van der Waals surface area contributed by atoms with Crippen molar-refractivity contribution in [1.82, 2.24) is 14.5 Å². The van der Waals surface area contributed by atoms with Crippen LogP contribution in [0.4, 0.5) is 9.52 Å². The third kappa shape index (κ3) is 6.88. The van der Waals surface area contributed by atoms with Crippen LogP contribution in [0.25, 0.3) is 0 Å². The van der Waals surface area contributed by atoms with Crippen molar-refractivity contribution < 1.29 is 17.5 Å². The number of thiazole rings is 1. The molecule has 0 amide bonds. The fourth-order valence-electron chi connectivity index (χ4n) is 3.23. The van der Waals surface area contributed by atoms with Crippen LogP contribution in [0, 0.1) is 12.7 Å². The Morgan fingerprint density at radius 1 is 1.35 bits per heavy atom. The summed E-state index contributed by atoms with van der Waals surface area (Å²) in [5.74, 6) is -0.146. The molecule has 34 heavy (non-hydrogen) atoms. The average molecular weight is 610 g/mol. The van der Waals surface area contributed by atoms with E-state index in [1.807, 2.05) is 0 Å². The molecule has 0 saturated heterocycles. The summed E-state index contributed by atoms with van der Waals surface area (Å²) in [7, 11) is -4.91. The molecule has 0 bridgehead atoms. The smallest absolute Gasteiger partial charge is 0.194 e. The number of nitrogens with one attached hydrogen (secondary N) is 1. The second-order valence-electron chi connectivity index (χ2n) is 9.13. The normalized spacial score (nSPS) is 13.3. The first kappa shape index (κ1) is 27.3. The SMILES string of the molecule is Cc1c(S(C)(=O)=O)nc(C(Nc2ncc(Br)s2)c2ccc(F)c(Cl)c2)n1COCC[Si](C)(C)C. The predicted molar refractivity (Wildman–Crippen MR) is 141 cm³/mol. The van der Waals surface area contributed by atoms with Gasteiger partial charge in [0, 0.05) is 20.9 Å². The highest BCUT2D eigenvalue weighted by Crippen LogP contribution is 2.33. The van der Waals surface area contributed by atoms with E-state index in [4.69, 9.17) is 16.3 Å². The zero-order chi connectivity index (χ0) is 25.3. The summed E-state index contributed by atoms with van der Waals surface area (Å²) in [4.78, 5) is 8.84. The second-order valence-corrected chi connectivity index (χ2v) is 19.5. The monoisotopic (exact) mass is 608 g/mol. The minimum Gasteiger partial charge on any atom is -0.361 e. The van der Waals surface area contributed by atoms with Gasteiger partial charge < -0.3 is 14.6 Å². The Hall–Kier alpha value is -1.31. The van der Waals surface area contributed by atoms with Crippen molar-refractivity contribution in [3.8, 4) is 0 Å². The van der Waals surface area contributed by atoms with Crippen LogP contribution in [0.3, 0.4) is 0 Å². The molecule has 3 aromatic rings. The minimum atomic E-state index is -3.60. The molecule has 1 aromatic carbocycles. The number of nitrogens with zero attached hydrogens (tertiary/aromatic N) is 3. The molecule has 2 aromatic heterocycles. The maximum atomic E-state index is 13.9. The standard InChI is InChI=1S/C21H27BrClFN4O3S2Si/c1-13-20(33(2,29)30)27-19(28(13)12-31-8-9-34(3,4)5)18(26-21-25-11-17(22)32-21)14-6-7-16(24)15(23)10-14/h6-7,10-11,18H,8-9,12H2,1-5H3,(H,25,26). The van der Waals surface area contributed by atoms with Gasteiger partial charge in [0.2, 0.25) is 0 Å². The lowest BCUT2D eigenvalue weighted by Gasteiger charge is -2.21. The number of rotatable bonds is 10. The van der Waals surface area contributed by atoms with Gasteiger partial charge in [0.25, 0.3) is 0 Å². The molecule has 0 radical (unpaired) electrons. The number of imidazole rings is 1. The quantitative estimate of drug-likeness (QED) is 0.220. The highest BCUT2D eigenvalue weighted by atomic mass is 79.9. The first-order chi connectivity index (χ1) is 15.8. The van der Waals surface area contributed by atoms with Crippen LogP contribution in [0.15, 0.2) is 33.2 Å². The lowest BCUT2D eigenvalue weighted by Crippen LogP contribution is -2.23. The maximum Gasteiger partial charge on any atom is 0.194 e. The molecule has 0 aliphatic heterocycles. The zero-order valence-electron chi connectivity index (χ0n) is 19.5. The van der Waals surface area contributed by atoms with Crippen molar-refractivity contribution in [2.75, 3.05) is 18.2 Å². The van der Waals surface area contributed by atoms with Crippen molar-refractivity contribution in [2.24, 2.45) is 0 Å². The maximum absolute atomic E-state index is 13.9. The Morgan fingerprint density at radius 2 is 2.06 bits per heavy atom. The van der Waals surface area contributed by atoms with Gasteiger partial charge in [0.15, 0.2) is 20.0 Å². The summed E-state index contributed by atoms with van der Waals surface area (Å²) in [6.45, 7) is 9.16. The van der Waals surface area contributed by atoms with Gasteiger partial charge in [-0.15, -0.1) is 0 Å². The summed E-state index contributed by atoms with van der Waals surface area (Å²) in [6.07, 6.45) is 2.78. The summed E-state index contributed by atoms with van der Waals surface area (Å²) in [5, 5.41) is 3.79. The Balaban J connectivity index is 2.09. The fraction of sp³-hybridized carbons (Fsp3) is 0.429. The van der Waals surface area contributed by atoms with E-state index in [0.717, 1.165) is 16.1 Å². The molecule has 1 N–H and O–H groups in total. The minimum absolute atomic E-state index is 0.0309. The molecular weight excluding hydrogens is 583 g/mol. The van der Waals surface area contributed by atoms with E-state index < -0.39 is 29.8 Å². The third-order valence-electron chi connectivity index (χ3n) is 5.06. The van der Waals surface area contributed by atoms with Crippen LogP contribution in [0.2, 0.25) is 30.7 Å². The van der Waals surface area contributed by atoms with Crippen molar-refractivity contribution in [2.45, 2.75) is 50.4 Å². The molecule has 3 rings (SSSR count). The Bertz CT molecular complexity index is 1280. The van der Waals surface area contributed by atoms with Crippen molar-refractivity contribution >= 4 is 61.9 Å². The first-order valence-corrected chi connectivity index (χ1v) is 18.0. The number of aromatic nitrogens is 3. The summed E-state index contributed by atoms with van der Waals surface area (Å²) >= 11 is 10.8. The summed E-state index contributed by atoms with van der Waals surface area (Å²) in [6, 6.07) is 4.66. The number of hydrogen-bond acceptors (Lipinski definition) is 7. The molecule has 0 spiro atoms. The number of sulfone groups is 1. The van der Waals surface area contributed by atoms with Crippen LogP contribution in [-0.2, 0) is 21.3 Å².